The minimum absolute atomic E-state index is 0.496. The fourth-order valence-electron chi connectivity index (χ4n) is 1.14. The van der Waals surface area contributed by atoms with Crippen LogP contribution >= 0.6 is 11.6 Å². The predicted octanol–water partition coefficient (Wildman–Crippen LogP) is 2.67. The Kier molecular flexibility index (Phi) is 4.19. The second kappa shape index (κ2) is 5.27. The van der Waals surface area contributed by atoms with Crippen LogP contribution in [-0.2, 0) is 4.79 Å². The molecule has 0 saturated heterocycles. The van der Waals surface area contributed by atoms with Gasteiger partial charge in [-0.25, -0.2) is 9.59 Å². The first-order valence-electron chi connectivity index (χ1n) is 5.29. The molecule has 98 valence electrons. The molecular weight excluding hydrogens is 256 g/mol. The number of anilines is 1. The van der Waals surface area contributed by atoms with E-state index in [1.54, 1.807) is 24.3 Å². The van der Waals surface area contributed by atoms with E-state index in [9.17, 15) is 9.59 Å². The Labute approximate surface area is 110 Å². The molecule has 0 fully saturated rings. The third-order valence-electron chi connectivity index (χ3n) is 2.76. The number of benzene rings is 1. The molecule has 0 unspecified atom stereocenters. The summed E-state index contributed by atoms with van der Waals surface area (Å²) in [4.78, 5) is 24.0. The quantitative estimate of drug-likeness (QED) is 0.887. The first-order chi connectivity index (χ1) is 8.25. The van der Waals surface area contributed by atoms with Crippen LogP contribution in [0.5, 0.6) is 0 Å². The van der Waals surface area contributed by atoms with Gasteiger partial charge in [-0.3, -0.25) is 0 Å². The van der Waals surface area contributed by atoms with E-state index in [0.717, 1.165) is 4.90 Å². The molecule has 0 saturated carbocycles. The highest BCUT2D eigenvalue weighted by Gasteiger charge is 2.35. The van der Waals surface area contributed by atoms with E-state index in [0.29, 0.717) is 10.7 Å². The number of carboxylic acids is 1. The van der Waals surface area contributed by atoms with Crippen molar-refractivity contribution in [3.8, 4) is 0 Å². The monoisotopic (exact) mass is 270 g/mol. The highest BCUT2D eigenvalue weighted by atomic mass is 35.5. The van der Waals surface area contributed by atoms with Crippen LogP contribution in [0.2, 0.25) is 5.02 Å². The van der Waals surface area contributed by atoms with Crippen LogP contribution in [0.3, 0.4) is 0 Å². The number of aliphatic carboxylic acids is 1. The van der Waals surface area contributed by atoms with Gasteiger partial charge < -0.3 is 15.3 Å². The van der Waals surface area contributed by atoms with Crippen molar-refractivity contribution in [1.82, 2.24) is 4.90 Å². The third-order valence-corrected chi connectivity index (χ3v) is 3.01. The van der Waals surface area contributed by atoms with Crippen molar-refractivity contribution in [2.75, 3.05) is 12.4 Å². The van der Waals surface area contributed by atoms with E-state index >= 15 is 0 Å². The van der Waals surface area contributed by atoms with Crippen LogP contribution < -0.4 is 5.32 Å². The van der Waals surface area contributed by atoms with Gasteiger partial charge in [-0.2, -0.15) is 0 Å². The molecule has 6 heteroatoms. The number of nitrogens with zero attached hydrogens (tertiary/aromatic N) is 1. The van der Waals surface area contributed by atoms with E-state index < -0.39 is 17.5 Å². The van der Waals surface area contributed by atoms with Crippen LogP contribution in [0, 0.1) is 0 Å². The van der Waals surface area contributed by atoms with Crippen LogP contribution in [0.25, 0.3) is 0 Å². The Morgan fingerprint density at radius 1 is 1.28 bits per heavy atom. The molecule has 0 radical (unpaired) electrons. The Balaban J connectivity index is 2.77. The molecule has 2 amide bonds. The van der Waals surface area contributed by atoms with E-state index in [-0.39, 0.29) is 0 Å². The number of hydrogen-bond acceptors (Lipinski definition) is 2. The summed E-state index contributed by atoms with van der Waals surface area (Å²) in [5.74, 6) is -1.07. The maximum atomic E-state index is 11.9. The van der Waals surface area contributed by atoms with E-state index in [2.05, 4.69) is 5.32 Å². The molecule has 0 bridgehead atoms. The summed E-state index contributed by atoms with van der Waals surface area (Å²) in [7, 11) is 1.43. The zero-order valence-electron chi connectivity index (χ0n) is 10.4. The number of amides is 2. The molecule has 1 aromatic rings. The fourth-order valence-corrected chi connectivity index (χ4v) is 1.26. The zero-order valence-corrected chi connectivity index (χ0v) is 11.2. The lowest BCUT2D eigenvalue weighted by molar-refractivity contribution is -0.146. The number of halogens is 1. The average molecular weight is 271 g/mol. The normalized spacial score (nSPS) is 10.9. The van der Waals surface area contributed by atoms with Crippen LogP contribution in [-0.4, -0.2) is 34.6 Å². The van der Waals surface area contributed by atoms with Gasteiger partial charge >= 0.3 is 12.0 Å². The highest BCUT2D eigenvalue weighted by molar-refractivity contribution is 6.30. The highest BCUT2D eigenvalue weighted by Crippen LogP contribution is 2.17. The second-order valence-corrected chi connectivity index (χ2v) is 4.80. The molecule has 0 spiro atoms. The molecule has 1 rings (SSSR count). The molecule has 0 atom stereocenters. The number of urea groups is 1. The van der Waals surface area contributed by atoms with Gasteiger partial charge in [0.1, 0.15) is 5.54 Å². The molecule has 0 aliphatic heterocycles. The summed E-state index contributed by atoms with van der Waals surface area (Å²) >= 11 is 5.72. The maximum Gasteiger partial charge on any atom is 0.329 e. The molecule has 0 aliphatic carbocycles. The van der Waals surface area contributed by atoms with Crippen molar-refractivity contribution in [2.45, 2.75) is 19.4 Å². The van der Waals surface area contributed by atoms with Crippen LogP contribution in [0.15, 0.2) is 24.3 Å². The Morgan fingerprint density at radius 3 is 2.22 bits per heavy atom. The van der Waals surface area contributed by atoms with Gasteiger partial charge in [-0.05, 0) is 38.1 Å². The molecule has 1 aromatic carbocycles. The number of likely N-dealkylation sites (N-methyl/N-ethyl adjacent to an activating group) is 1. The summed E-state index contributed by atoms with van der Waals surface area (Å²) in [5, 5.41) is 12.2. The van der Waals surface area contributed by atoms with Crippen molar-refractivity contribution in [1.29, 1.82) is 0 Å². The van der Waals surface area contributed by atoms with Gasteiger partial charge in [0.15, 0.2) is 0 Å². The predicted molar refractivity (Wildman–Crippen MR) is 69.9 cm³/mol. The van der Waals surface area contributed by atoms with E-state index in [4.69, 9.17) is 16.7 Å². The van der Waals surface area contributed by atoms with Gasteiger partial charge in [0.2, 0.25) is 0 Å². The number of hydrogen-bond donors (Lipinski definition) is 2. The first kappa shape index (κ1) is 14.3. The molecule has 18 heavy (non-hydrogen) atoms. The number of carbonyl (C=O) groups is 2. The average Bonchev–Trinajstić information content (AvgIpc) is 2.30. The Morgan fingerprint density at radius 2 is 1.78 bits per heavy atom. The fraction of sp³-hybridized carbons (Fsp3) is 0.333. The Hall–Kier alpha value is -1.75. The lowest BCUT2D eigenvalue weighted by Crippen LogP contribution is -2.52. The van der Waals surface area contributed by atoms with Crippen LogP contribution in [0.1, 0.15) is 13.8 Å². The van der Waals surface area contributed by atoms with Gasteiger partial charge in [-0.15, -0.1) is 0 Å². The second-order valence-electron chi connectivity index (χ2n) is 4.36. The first-order valence-corrected chi connectivity index (χ1v) is 5.66. The number of carbonyl (C=O) groups excluding carboxylic acids is 1. The minimum Gasteiger partial charge on any atom is -0.480 e. The van der Waals surface area contributed by atoms with Crippen molar-refractivity contribution >= 4 is 29.3 Å². The lowest BCUT2D eigenvalue weighted by atomic mass is 10.1. The largest absolute Gasteiger partial charge is 0.480 e. The Bertz CT molecular complexity index is 457. The molecule has 0 aromatic heterocycles. The van der Waals surface area contributed by atoms with E-state index in [1.807, 2.05) is 0 Å². The van der Waals surface area contributed by atoms with Crippen molar-refractivity contribution in [3.05, 3.63) is 29.3 Å². The summed E-state index contributed by atoms with van der Waals surface area (Å²) in [6, 6.07) is 6.06. The van der Waals surface area contributed by atoms with Gasteiger partial charge in [0.05, 0.1) is 0 Å². The van der Waals surface area contributed by atoms with Gasteiger partial charge in [-0.1, -0.05) is 11.6 Å². The lowest BCUT2D eigenvalue weighted by Gasteiger charge is -2.31. The summed E-state index contributed by atoms with van der Waals surface area (Å²) in [6.45, 7) is 2.91. The molecule has 5 nitrogen and oxygen atoms in total. The third kappa shape index (κ3) is 3.13. The molecule has 2 N–H and O–H groups in total. The number of rotatable bonds is 3. The van der Waals surface area contributed by atoms with Crippen molar-refractivity contribution < 1.29 is 14.7 Å². The molecule has 0 aliphatic rings. The maximum absolute atomic E-state index is 11.9. The SMILES string of the molecule is CN(C(=O)Nc1ccc(Cl)cc1)C(C)(C)C(=O)O. The van der Waals surface area contributed by atoms with Crippen LogP contribution in [0.4, 0.5) is 10.5 Å². The van der Waals surface area contributed by atoms with Crippen molar-refractivity contribution in [2.24, 2.45) is 0 Å². The summed E-state index contributed by atoms with van der Waals surface area (Å²) < 4.78 is 0. The minimum atomic E-state index is -1.28. The van der Waals surface area contributed by atoms with Crippen molar-refractivity contribution in [3.63, 3.8) is 0 Å². The topological polar surface area (TPSA) is 69.6 Å². The number of nitrogens with one attached hydrogen (secondary N) is 1. The number of carboxylic acid groups (broad SMARTS) is 1. The zero-order chi connectivity index (χ0) is 13.9. The summed E-state index contributed by atoms with van der Waals surface area (Å²) in [6.07, 6.45) is 0. The smallest absolute Gasteiger partial charge is 0.329 e. The molecular formula is C12H15ClN2O3. The standard InChI is InChI=1S/C12H15ClN2O3/c1-12(2,10(16)17)15(3)11(18)14-9-6-4-8(13)5-7-9/h4-7H,1-3H3,(H,14,18)(H,16,17). The van der Waals surface area contributed by atoms with Gasteiger partial charge in [0, 0.05) is 17.8 Å². The molecule has 0 heterocycles. The van der Waals surface area contributed by atoms with Gasteiger partial charge in [0.25, 0.3) is 0 Å². The van der Waals surface area contributed by atoms with E-state index in [1.165, 1.54) is 20.9 Å². The summed E-state index contributed by atoms with van der Waals surface area (Å²) in [5.41, 5.74) is -0.728.